The second kappa shape index (κ2) is 7.31. The van der Waals surface area contributed by atoms with Crippen molar-refractivity contribution < 1.29 is 17.9 Å². The van der Waals surface area contributed by atoms with Gasteiger partial charge in [-0.1, -0.05) is 30.0 Å². The van der Waals surface area contributed by atoms with Gasteiger partial charge in [0.05, 0.1) is 6.61 Å². The summed E-state index contributed by atoms with van der Waals surface area (Å²) in [7, 11) is 0. The van der Waals surface area contributed by atoms with E-state index >= 15 is 0 Å². The van der Waals surface area contributed by atoms with Gasteiger partial charge in [-0.25, -0.2) is 9.97 Å². The molecule has 2 aromatic rings. The predicted molar refractivity (Wildman–Crippen MR) is 74.3 cm³/mol. The first-order chi connectivity index (χ1) is 10.1. The Kier molecular flexibility index (Phi) is 5.44. The second-order valence-electron chi connectivity index (χ2n) is 4.09. The highest BCUT2D eigenvalue weighted by atomic mass is 32.2. The summed E-state index contributed by atoms with van der Waals surface area (Å²) in [6.45, 7) is 0.496. The number of hydrogen-bond donors (Lipinski definition) is 0. The highest BCUT2D eigenvalue weighted by Crippen LogP contribution is 2.28. The van der Waals surface area contributed by atoms with Gasteiger partial charge in [0, 0.05) is 11.9 Å². The third-order valence-electron chi connectivity index (χ3n) is 2.46. The molecule has 0 N–H and O–H groups in total. The fourth-order valence-electron chi connectivity index (χ4n) is 1.50. The quantitative estimate of drug-likeness (QED) is 0.457. The highest BCUT2D eigenvalue weighted by Gasteiger charge is 2.32. The third-order valence-corrected chi connectivity index (χ3v) is 3.40. The molecule has 0 aliphatic heterocycles. The van der Waals surface area contributed by atoms with Crippen molar-refractivity contribution >= 4 is 11.8 Å². The lowest BCUT2D eigenvalue weighted by Gasteiger charge is -2.07. The van der Waals surface area contributed by atoms with Crippen molar-refractivity contribution in [1.29, 1.82) is 0 Å². The van der Waals surface area contributed by atoms with Crippen LogP contribution in [0.2, 0.25) is 0 Å². The number of para-hydroxylation sites is 1. The van der Waals surface area contributed by atoms with E-state index in [2.05, 4.69) is 9.97 Å². The molecule has 1 aromatic carbocycles. The minimum atomic E-state index is -4.44. The van der Waals surface area contributed by atoms with E-state index in [1.807, 2.05) is 30.3 Å². The number of hydrogen-bond acceptors (Lipinski definition) is 4. The molecule has 0 bridgehead atoms. The normalized spacial score (nSPS) is 11.4. The van der Waals surface area contributed by atoms with E-state index in [1.165, 1.54) is 11.8 Å². The Morgan fingerprint density at radius 2 is 1.86 bits per heavy atom. The van der Waals surface area contributed by atoms with Crippen LogP contribution >= 0.6 is 11.8 Å². The number of ether oxygens (including phenoxy) is 1. The van der Waals surface area contributed by atoms with Gasteiger partial charge in [-0.05, 0) is 24.6 Å². The lowest BCUT2D eigenvalue weighted by molar-refractivity contribution is -0.141. The Labute approximate surface area is 124 Å². The van der Waals surface area contributed by atoms with Gasteiger partial charge in [-0.2, -0.15) is 13.2 Å². The molecule has 0 spiro atoms. The molecule has 0 saturated heterocycles. The number of nitrogens with zero attached hydrogens (tertiary/aromatic N) is 2. The Bertz CT molecular complexity index is 564. The van der Waals surface area contributed by atoms with Crippen molar-refractivity contribution in [3.05, 3.63) is 48.3 Å². The van der Waals surface area contributed by atoms with Gasteiger partial charge in [0.25, 0.3) is 0 Å². The summed E-state index contributed by atoms with van der Waals surface area (Å²) in [5.74, 6) is 1.37. The van der Waals surface area contributed by atoms with Gasteiger partial charge in [0.1, 0.15) is 11.4 Å². The summed E-state index contributed by atoms with van der Waals surface area (Å²) in [4.78, 5) is 7.31. The number of halogens is 3. The number of aromatic nitrogens is 2. The molecule has 0 unspecified atom stereocenters. The summed E-state index contributed by atoms with van der Waals surface area (Å²) in [5.41, 5.74) is -0.916. The average molecular weight is 314 g/mol. The first kappa shape index (κ1) is 15.6. The zero-order chi connectivity index (χ0) is 15.1. The van der Waals surface area contributed by atoms with Crippen LogP contribution < -0.4 is 4.74 Å². The molecule has 0 radical (unpaired) electrons. The van der Waals surface area contributed by atoms with Crippen LogP contribution in [-0.2, 0) is 6.18 Å². The average Bonchev–Trinajstić information content (AvgIpc) is 2.47. The minimum absolute atomic E-state index is 0.129. The summed E-state index contributed by atoms with van der Waals surface area (Å²) < 4.78 is 42.9. The molecule has 0 fully saturated rings. The maximum Gasteiger partial charge on any atom is 0.433 e. The summed E-state index contributed by atoms with van der Waals surface area (Å²) in [6.07, 6.45) is -2.62. The lowest BCUT2D eigenvalue weighted by Crippen LogP contribution is -2.09. The zero-order valence-corrected chi connectivity index (χ0v) is 11.8. The van der Waals surface area contributed by atoms with Gasteiger partial charge >= 0.3 is 6.18 Å². The fourth-order valence-corrected chi connectivity index (χ4v) is 2.24. The molecular weight excluding hydrogens is 301 g/mol. The Morgan fingerprint density at radius 3 is 2.57 bits per heavy atom. The highest BCUT2D eigenvalue weighted by molar-refractivity contribution is 7.99. The van der Waals surface area contributed by atoms with Crippen molar-refractivity contribution in [2.75, 3.05) is 12.4 Å². The topological polar surface area (TPSA) is 35.0 Å². The van der Waals surface area contributed by atoms with Crippen molar-refractivity contribution in [2.24, 2.45) is 0 Å². The standard InChI is InChI=1S/C14H13F3N2OS/c15-14(16,17)12-7-8-18-13(19-12)21-10-4-9-20-11-5-2-1-3-6-11/h1-3,5-8H,4,9-10H2. The monoisotopic (exact) mass is 314 g/mol. The maximum absolute atomic E-state index is 12.5. The smallest absolute Gasteiger partial charge is 0.433 e. The van der Waals surface area contributed by atoms with Crippen molar-refractivity contribution in [1.82, 2.24) is 9.97 Å². The minimum Gasteiger partial charge on any atom is -0.494 e. The molecular formula is C14H13F3N2OS. The molecule has 0 aliphatic rings. The van der Waals surface area contributed by atoms with E-state index in [0.717, 1.165) is 18.0 Å². The first-order valence-corrected chi connectivity index (χ1v) is 7.25. The van der Waals surface area contributed by atoms with Gasteiger partial charge in [-0.3, -0.25) is 0 Å². The number of benzene rings is 1. The van der Waals surface area contributed by atoms with E-state index in [9.17, 15) is 13.2 Å². The van der Waals surface area contributed by atoms with Crippen LogP contribution in [0.1, 0.15) is 12.1 Å². The van der Waals surface area contributed by atoms with Gasteiger partial charge in [0.2, 0.25) is 0 Å². The van der Waals surface area contributed by atoms with Crippen LogP contribution in [0.15, 0.2) is 47.8 Å². The molecule has 0 atom stereocenters. The Balaban J connectivity index is 1.74. The van der Waals surface area contributed by atoms with Crippen LogP contribution in [0.4, 0.5) is 13.2 Å². The Hall–Kier alpha value is -1.76. The second-order valence-corrected chi connectivity index (χ2v) is 5.15. The summed E-state index contributed by atoms with van der Waals surface area (Å²) >= 11 is 1.18. The third kappa shape index (κ3) is 5.26. The van der Waals surface area contributed by atoms with Crippen LogP contribution in [-0.4, -0.2) is 22.3 Å². The lowest BCUT2D eigenvalue weighted by atomic mass is 10.3. The van der Waals surface area contributed by atoms with E-state index in [0.29, 0.717) is 18.8 Å². The molecule has 3 nitrogen and oxygen atoms in total. The van der Waals surface area contributed by atoms with Crippen molar-refractivity contribution in [2.45, 2.75) is 17.8 Å². The van der Waals surface area contributed by atoms with Gasteiger partial charge in [-0.15, -0.1) is 0 Å². The zero-order valence-electron chi connectivity index (χ0n) is 11.0. The van der Waals surface area contributed by atoms with E-state index in [1.54, 1.807) is 0 Å². The van der Waals surface area contributed by atoms with Crippen molar-refractivity contribution in [3.8, 4) is 5.75 Å². The maximum atomic E-state index is 12.5. The molecule has 2 rings (SSSR count). The molecule has 0 saturated carbocycles. The van der Waals surface area contributed by atoms with E-state index in [4.69, 9.17) is 4.74 Å². The van der Waals surface area contributed by atoms with Crippen molar-refractivity contribution in [3.63, 3.8) is 0 Å². The van der Waals surface area contributed by atoms with E-state index < -0.39 is 11.9 Å². The first-order valence-electron chi connectivity index (χ1n) is 6.26. The molecule has 112 valence electrons. The molecule has 21 heavy (non-hydrogen) atoms. The molecule has 1 heterocycles. The fraction of sp³-hybridized carbons (Fsp3) is 0.286. The largest absolute Gasteiger partial charge is 0.494 e. The van der Waals surface area contributed by atoms with Crippen LogP contribution in [0.25, 0.3) is 0 Å². The van der Waals surface area contributed by atoms with Gasteiger partial charge < -0.3 is 4.74 Å². The van der Waals surface area contributed by atoms with Crippen LogP contribution in [0, 0.1) is 0 Å². The molecule has 7 heteroatoms. The van der Waals surface area contributed by atoms with E-state index in [-0.39, 0.29) is 5.16 Å². The number of thioether (sulfide) groups is 1. The predicted octanol–water partition coefficient (Wildman–Crippen LogP) is 4.06. The SMILES string of the molecule is FC(F)(F)c1ccnc(SCCCOc2ccccc2)n1. The van der Waals surface area contributed by atoms with Crippen LogP contribution in [0.3, 0.4) is 0 Å². The summed E-state index contributed by atoms with van der Waals surface area (Å²) in [5, 5.41) is 0.129. The molecule has 0 amide bonds. The van der Waals surface area contributed by atoms with Gasteiger partial charge in [0.15, 0.2) is 5.16 Å². The molecule has 1 aromatic heterocycles. The van der Waals surface area contributed by atoms with Crippen LogP contribution in [0.5, 0.6) is 5.75 Å². The summed E-state index contributed by atoms with van der Waals surface area (Å²) in [6, 6.07) is 10.2. The molecule has 0 aliphatic carbocycles. The number of alkyl halides is 3. The number of rotatable bonds is 6. The Morgan fingerprint density at radius 1 is 1.10 bits per heavy atom.